The van der Waals surface area contributed by atoms with Crippen LogP contribution in [0.3, 0.4) is 0 Å². The molecular formula is C15H9ClN2OS. The number of nitrogens with zero attached hydrogens (tertiary/aromatic N) is 1. The zero-order valence-electron chi connectivity index (χ0n) is 10.3. The summed E-state index contributed by atoms with van der Waals surface area (Å²) in [5.41, 5.74) is 2.71. The maximum Gasteiger partial charge on any atom is 0.154 e. The molecule has 3 aromatic heterocycles. The highest BCUT2D eigenvalue weighted by molar-refractivity contribution is 7.13. The van der Waals surface area contributed by atoms with Gasteiger partial charge in [0.15, 0.2) is 5.76 Å². The first-order valence-electron chi connectivity index (χ1n) is 6.08. The molecule has 0 aliphatic rings. The summed E-state index contributed by atoms with van der Waals surface area (Å²) in [6, 6.07) is 9.61. The number of fused-ring (bicyclic) bond motifs is 1. The highest BCUT2D eigenvalue weighted by Gasteiger charge is 2.11. The van der Waals surface area contributed by atoms with Gasteiger partial charge in [-0.2, -0.15) is 0 Å². The van der Waals surface area contributed by atoms with Crippen molar-refractivity contribution in [3.05, 3.63) is 53.1 Å². The van der Waals surface area contributed by atoms with Gasteiger partial charge >= 0.3 is 0 Å². The van der Waals surface area contributed by atoms with Gasteiger partial charge in [-0.15, -0.1) is 11.3 Å². The minimum Gasteiger partial charge on any atom is -0.454 e. The van der Waals surface area contributed by atoms with Crippen LogP contribution in [0.4, 0.5) is 0 Å². The quantitative estimate of drug-likeness (QED) is 0.552. The SMILES string of the molecule is Clc1ccc2cc(-c3csc(-c4cc[nH]c4)n3)oc2c1. The summed E-state index contributed by atoms with van der Waals surface area (Å²) in [6.45, 7) is 0. The van der Waals surface area contributed by atoms with Crippen LogP contribution in [0, 0.1) is 0 Å². The maximum atomic E-state index is 5.97. The van der Waals surface area contributed by atoms with Crippen LogP contribution < -0.4 is 0 Å². The van der Waals surface area contributed by atoms with Crippen LogP contribution >= 0.6 is 22.9 Å². The monoisotopic (exact) mass is 300 g/mol. The highest BCUT2D eigenvalue weighted by atomic mass is 35.5. The minimum atomic E-state index is 0.671. The number of rotatable bonds is 2. The van der Waals surface area contributed by atoms with Gasteiger partial charge in [0, 0.05) is 39.8 Å². The molecule has 3 nitrogen and oxygen atoms in total. The van der Waals surface area contributed by atoms with Crippen molar-refractivity contribution in [2.75, 3.05) is 0 Å². The molecule has 3 heterocycles. The third-order valence-corrected chi connectivity index (χ3v) is 4.21. The number of aromatic amines is 1. The molecule has 5 heteroatoms. The second kappa shape index (κ2) is 4.51. The van der Waals surface area contributed by atoms with Crippen molar-refractivity contribution < 1.29 is 4.42 Å². The van der Waals surface area contributed by atoms with Gasteiger partial charge in [0.2, 0.25) is 0 Å². The van der Waals surface area contributed by atoms with Crippen molar-refractivity contribution in [1.29, 1.82) is 0 Å². The predicted octanol–water partition coefficient (Wildman–Crippen LogP) is 5.20. The topological polar surface area (TPSA) is 41.8 Å². The number of thiazole rings is 1. The lowest BCUT2D eigenvalue weighted by Gasteiger charge is -1.89. The Balaban J connectivity index is 1.79. The molecular weight excluding hydrogens is 292 g/mol. The molecule has 4 rings (SSSR count). The Bertz CT molecular complexity index is 876. The Hall–Kier alpha value is -2.04. The number of hydrogen-bond acceptors (Lipinski definition) is 3. The van der Waals surface area contributed by atoms with Gasteiger partial charge in [0.1, 0.15) is 16.3 Å². The molecule has 0 amide bonds. The number of nitrogens with one attached hydrogen (secondary N) is 1. The van der Waals surface area contributed by atoms with E-state index in [9.17, 15) is 0 Å². The van der Waals surface area contributed by atoms with Crippen LogP contribution in [-0.4, -0.2) is 9.97 Å². The van der Waals surface area contributed by atoms with Crippen LogP contribution in [0.15, 0.2) is 52.5 Å². The van der Waals surface area contributed by atoms with Crippen molar-refractivity contribution in [2.45, 2.75) is 0 Å². The van der Waals surface area contributed by atoms with Crippen molar-refractivity contribution in [1.82, 2.24) is 9.97 Å². The Labute approximate surface area is 123 Å². The zero-order chi connectivity index (χ0) is 13.5. The van der Waals surface area contributed by atoms with Gasteiger partial charge in [-0.3, -0.25) is 0 Å². The van der Waals surface area contributed by atoms with Gasteiger partial charge in [-0.25, -0.2) is 4.98 Å². The number of H-pyrrole nitrogens is 1. The van der Waals surface area contributed by atoms with Crippen molar-refractivity contribution >= 4 is 33.9 Å². The Morgan fingerprint density at radius 2 is 2.15 bits per heavy atom. The molecule has 0 saturated heterocycles. The molecule has 0 aliphatic heterocycles. The number of aromatic nitrogens is 2. The van der Waals surface area contributed by atoms with Crippen molar-refractivity contribution in [2.24, 2.45) is 0 Å². The summed E-state index contributed by atoms with van der Waals surface area (Å²) in [7, 11) is 0. The van der Waals surface area contributed by atoms with E-state index in [0.717, 1.165) is 33.0 Å². The fourth-order valence-corrected chi connectivity index (χ4v) is 3.08. The molecule has 0 spiro atoms. The van der Waals surface area contributed by atoms with E-state index in [1.807, 2.05) is 48.1 Å². The Morgan fingerprint density at radius 1 is 1.20 bits per heavy atom. The van der Waals surface area contributed by atoms with Gasteiger partial charge in [-0.05, 0) is 24.3 Å². The predicted molar refractivity (Wildman–Crippen MR) is 82.1 cm³/mol. The van der Waals surface area contributed by atoms with Crippen LogP contribution in [0.2, 0.25) is 5.02 Å². The van der Waals surface area contributed by atoms with E-state index in [4.69, 9.17) is 16.0 Å². The lowest BCUT2D eigenvalue weighted by Crippen LogP contribution is -1.74. The fourth-order valence-electron chi connectivity index (χ4n) is 2.11. The summed E-state index contributed by atoms with van der Waals surface area (Å²) in [6.07, 6.45) is 3.82. The Kier molecular flexibility index (Phi) is 2.65. The summed E-state index contributed by atoms with van der Waals surface area (Å²) >= 11 is 7.57. The molecule has 98 valence electrons. The third-order valence-electron chi connectivity index (χ3n) is 3.08. The molecule has 0 unspecified atom stereocenters. The van der Waals surface area contributed by atoms with E-state index >= 15 is 0 Å². The first-order chi connectivity index (χ1) is 9.79. The normalized spacial score (nSPS) is 11.2. The Morgan fingerprint density at radius 3 is 3.00 bits per heavy atom. The summed E-state index contributed by atoms with van der Waals surface area (Å²) < 4.78 is 5.82. The molecule has 20 heavy (non-hydrogen) atoms. The molecule has 1 N–H and O–H groups in total. The van der Waals surface area contributed by atoms with Gasteiger partial charge in [0.25, 0.3) is 0 Å². The molecule has 1 aromatic carbocycles. The van der Waals surface area contributed by atoms with Gasteiger partial charge in [0.05, 0.1) is 0 Å². The van der Waals surface area contributed by atoms with E-state index in [1.54, 1.807) is 11.3 Å². The fraction of sp³-hybridized carbons (Fsp3) is 0. The largest absolute Gasteiger partial charge is 0.454 e. The third kappa shape index (κ3) is 1.94. The molecule has 0 saturated carbocycles. The average Bonchev–Trinajstić information content (AvgIpc) is 3.17. The molecule has 0 atom stereocenters. The van der Waals surface area contributed by atoms with Gasteiger partial charge < -0.3 is 9.40 Å². The van der Waals surface area contributed by atoms with Crippen LogP contribution in [0.25, 0.3) is 33.0 Å². The molecule has 0 aliphatic carbocycles. The number of hydrogen-bond donors (Lipinski definition) is 1. The molecule has 0 fully saturated rings. The highest BCUT2D eigenvalue weighted by Crippen LogP contribution is 2.32. The average molecular weight is 301 g/mol. The summed E-state index contributed by atoms with van der Waals surface area (Å²) in [5, 5.41) is 4.67. The summed E-state index contributed by atoms with van der Waals surface area (Å²) in [5.74, 6) is 0.764. The molecule has 4 aromatic rings. The first kappa shape index (κ1) is 11.8. The van der Waals surface area contributed by atoms with E-state index in [-0.39, 0.29) is 0 Å². The maximum absolute atomic E-state index is 5.97. The lowest BCUT2D eigenvalue weighted by atomic mass is 10.2. The van der Waals surface area contributed by atoms with E-state index in [0.29, 0.717) is 5.02 Å². The molecule has 0 radical (unpaired) electrons. The van der Waals surface area contributed by atoms with Gasteiger partial charge in [-0.1, -0.05) is 11.6 Å². The standard InChI is InChI=1S/C15H9ClN2OS/c16-11-2-1-9-5-14(19-13(9)6-11)12-8-20-15(18-12)10-3-4-17-7-10/h1-8,17H. The first-order valence-corrected chi connectivity index (χ1v) is 7.33. The zero-order valence-corrected chi connectivity index (χ0v) is 11.8. The van der Waals surface area contributed by atoms with E-state index < -0.39 is 0 Å². The van der Waals surface area contributed by atoms with Crippen molar-refractivity contribution in [3.8, 4) is 22.0 Å². The number of halogens is 1. The number of benzene rings is 1. The lowest BCUT2D eigenvalue weighted by molar-refractivity contribution is 0.629. The summed E-state index contributed by atoms with van der Waals surface area (Å²) in [4.78, 5) is 7.65. The molecule has 0 bridgehead atoms. The van der Waals surface area contributed by atoms with E-state index in [1.165, 1.54) is 0 Å². The smallest absolute Gasteiger partial charge is 0.154 e. The van der Waals surface area contributed by atoms with Crippen LogP contribution in [0.5, 0.6) is 0 Å². The van der Waals surface area contributed by atoms with Crippen molar-refractivity contribution in [3.63, 3.8) is 0 Å². The van der Waals surface area contributed by atoms with Crippen LogP contribution in [-0.2, 0) is 0 Å². The van der Waals surface area contributed by atoms with Crippen LogP contribution in [0.1, 0.15) is 0 Å². The second-order valence-corrected chi connectivity index (χ2v) is 5.72. The van der Waals surface area contributed by atoms with E-state index in [2.05, 4.69) is 9.97 Å². The number of furan rings is 1. The minimum absolute atomic E-state index is 0.671. The second-order valence-electron chi connectivity index (χ2n) is 4.43.